The number of rotatable bonds is 5. The average molecular weight is 548 g/mol. The molecule has 3 rings (SSSR count). The summed E-state index contributed by atoms with van der Waals surface area (Å²) >= 11 is 7.88. The van der Waals surface area contributed by atoms with E-state index in [0.29, 0.717) is 21.5 Å². The van der Waals surface area contributed by atoms with Crippen LogP contribution < -0.4 is 9.47 Å². The molecule has 0 radical (unpaired) electrons. The van der Waals surface area contributed by atoms with E-state index in [1.165, 1.54) is 13.0 Å². The fourth-order valence-electron chi connectivity index (χ4n) is 2.55. The van der Waals surface area contributed by atoms with Gasteiger partial charge in [-0.05, 0) is 65.4 Å². The van der Waals surface area contributed by atoms with Crippen LogP contribution in [0.3, 0.4) is 0 Å². The van der Waals surface area contributed by atoms with Crippen molar-refractivity contribution < 1.29 is 32.6 Å². The van der Waals surface area contributed by atoms with Crippen LogP contribution in [0.2, 0.25) is 5.02 Å². The number of benzene rings is 2. The first-order chi connectivity index (χ1) is 14.2. The molecular weight excluding hydrogens is 535 g/mol. The third-order valence-corrected chi connectivity index (χ3v) is 4.86. The fraction of sp³-hybridized carbons (Fsp3) is 0.150. The van der Waals surface area contributed by atoms with E-state index in [4.69, 9.17) is 25.8 Å². The minimum absolute atomic E-state index is 0.0536. The molecule has 0 spiro atoms. The molecule has 10 heteroatoms. The van der Waals surface area contributed by atoms with E-state index in [-0.39, 0.29) is 27.9 Å². The van der Waals surface area contributed by atoms with Gasteiger partial charge in [0.15, 0.2) is 28.8 Å². The Labute approximate surface area is 188 Å². The number of hydrogen-bond donors (Lipinski definition) is 0. The van der Waals surface area contributed by atoms with Gasteiger partial charge in [-0.25, -0.2) is 18.6 Å². The zero-order valence-corrected chi connectivity index (χ0v) is 18.5. The summed E-state index contributed by atoms with van der Waals surface area (Å²) in [6, 6.07) is 4.80. The molecule has 0 amide bonds. The van der Waals surface area contributed by atoms with Crippen LogP contribution in [0.5, 0.6) is 11.5 Å². The van der Waals surface area contributed by atoms with Crippen LogP contribution in [0.4, 0.5) is 8.78 Å². The Bertz CT molecular complexity index is 1120. The highest BCUT2D eigenvalue weighted by Crippen LogP contribution is 2.35. The maximum atomic E-state index is 13.5. The van der Waals surface area contributed by atoms with Crippen molar-refractivity contribution in [1.29, 1.82) is 0 Å². The van der Waals surface area contributed by atoms with Gasteiger partial charge in [-0.15, -0.1) is 0 Å². The number of ether oxygens (including phenoxy) is 3. The van der Waals surface area contributed by atoms with E-state index < -0.39 is 23.6 Å². The lowest BCUT2D eigenvalue weighted by Crippen LogP contribution is -2.07. The van der Waals surface area contributed by atoms with E-state index in [9.17, 15) is 18.4 Å². The molecule has 2 aromatic carbocycles. The third kappa shape index (κ3) is 4.78. The molecule has 0 N–H and O–H groups in total. The standard InChI is InChI=1S/C20H13ClF2INO5/c1-3-28-17-6-10(4-15(24)18(17)29-9(2)26)5-16-20(27)30-19(25-16)11-7-13(22)14(23)8-12(11)21/h4-8H,3H2,1-2H3. The summed E-state index contributed by atoms with van der Waals surface area (Å²) in [5.74, 6) is -3.24. The van der Waals surface area contributed by atoms with Gasteiger partial charge in [0.1, 0.15) is 0 Å². The number of hydrogen-bond acceptors (Lipinski definition) is 6. The second kappa shape index (κ2) is 9.09. The zero-order chi connectivity index (χ0) is 22.0. The molecular formula is C20H13ClF2INO5. The summed E-state index contributed by atoms with van der Waals surface area (Å²) in [7, 11) is 0. The largest absolute Gasteiger partial charge is 0.490 e. The molecule has 0 aliphatic carbocycles. The molecule has 1 aliphatic rings. The van der Waals surface area contributed by atoms with Gasteiger partial charge in [-0.1, -0.05) is 11.6 Å². The highest BCUT2D eigenvalue weighted by molar-refractivity contribution is 14.1. The Kier molecular flexibility index (Phi) is 6.71. The van der Waals surface area contributed by atoms with Gasteiger partial charge in [0.2, 0.25) is 5.90 Å². The first-order valence-corrected chi connectivity index (χ1v) is 9.97. The molecule has 0 saturated heterocycles. The molecule has 156 valence electrons. The van der Waals surface area contributed by atoms with E-state index >= 15 is 0 Å². The molecule has 2 aromatic rings. The molecule has 1 heterocycles. The first-order valence-electron chi connectivity index (χ1n) is 8.51. The lowest BCUT2D eigenvalue weighted by molar-refractivity contribution is -0.132. The molecule has 0 bridgehead atoms. The fourth-order valence-corrected chi connectivity index (χ4v) is 3.51. The molecule has 0 atom stereocenters. The van der Waals surface area contributed by atoms with Crippen LogP contribution in [-0.2, 0) is 14.3 Å². The average Bonchev–Trinajstić information content (AvgIpc) is 3.01. The van der Waals surface area contributed by atoms with Gasteiger partial charge in [-0.2, -0.15) is 0 Å². The maximum absolute atomic E-state index is 13.5. The lowest BCUT2D eigenvalue weighted by atomic mass is 10.1. The quantitative estimate of drug-likeness (QED) is 0.175. The minimum atomic E-state index is -1.15. The highest BCUT2D eigenvalue weighted by atomic mass is 127. The molecule has 0 saturated carbocycles. The predicted octanol–water partition coefficient (Wildman–Crippen LogP) is 4.89. The van der Waals surface area contributed by atoms with Gasteiger partial charge in [0.25, 0.3) is 0 Å². The van der Waals surface area contributed by atoms with Crippen molar-refractivity contribution in [2.75, 3.05) is 6.61 Å². The summed E-state index contributed by atoms with van der Waals surface area (Å²) < 4.78 is 43.2. The van der Waals surface area contributed by atoms with Crippen molar-refractivity contribution in [3.8, 4) is 11.5 Å². The van der Waals surface area contributed by atoms with Crippen molar-refractivity contribution in [3.05, 3.63) is 61.3 Å². The van der Waals surface area contributed by atoms with Gasteiger partial charge >= 0.3 is 11.9 Å². The molecule has 0 unspecified atom stereocenters. The summed E-state index contributed by atoms with van der Waals surface area (Å²) in [6.07, 6.45) is 1.42. The number of esters is 2. The normalized spacial score (nSPS) is 14.5. The molecule has 1 aliphatic heterocycles. The Morgan fingerprint density at radius 2 is 1.97 bits per heavy atom. The van der Waals surface area contributed by atoms with Gasteiger partial charge < -0.3 is 14.2 Å². The second-order valence-electron chi connectivity index (χ2n) is 5.94. The Hall–Kier alpha value is -2.53. The number of halogens is 4. The van der Waals surface area contributed by atoms with Crippen LogP contribution in [0.1, 0.15) is 25.0 Å². The summed E-state index contributed by atoms with van der Waals surface area (Å²) in [5, 5.41) is -0.152. The smallest absolute Gasteiger partial charge is 0.363 e. The van der Waals surface area contributed by atoms with E-state index in [1.807, 2.05) is 22.6 Å². The van der Waals surface area contributed by atoms with Crippen molar-refractivity contribution >= 4 is 58.1 Å². The van der Waals surface area contributed by atoms with Crippen LogP contribution in [0, 0.1) is 15.2 Å². The SMILES string of the molecule is CCOc1cc(C=C2N=C(c3cc(F)c(F)cc3Cl)OC2=O)cc(I)c1OC(C)=O. The predicted molar refractivity (Wildman–Crippen MR) is 114 cm³/mol. The Morgan fingerprint density at radius 3 is 2.63 bits per heavy atom. The van der Waals surface area contributed by atoms with Crippen molar-refractivity contribution in [2.45, 2.75) is 13.8 Å². The topological polar surface area (TPSA) is 74.2 Å². The van der Waals surface area contributed by atoms with E-state index in [2.05, 4.69) is 4.99 Å². The molecule has 30 heavy (non-hydrogen) atoms. The summed E-state index contributed by atoms with van der Waals surface area (Å²) in [4.78, 5) is 27.6. The van der Waals surface area contributed by atoms with Gasteiger partial charge in [-0.3, -0.25) is 4.79 Å². The number of carbonyl (C=O) groups is 2. The monoisotopic (exact) mass is 547 g/mol. The van der Waals surface area contributed by atoms with Crippen molar-refractivity contribution in [2.24, 2.45) is 4.99 Å². The molecule has 6 nitrogen and oxygen atoms in total. The number of nitrogens with zero attached hydrogens (tertiary/aromatic N) is 1. The van der Waals surface area contributed by atoms with E-state index in [1.54, 1.807) is 19.1 Å². The molecule has 0 fully saturated rings. The Morgan fingerprint density at radius 1 is 1.27 bits per heavy atom. The van der Waals surface area contributed by atoms with Crippen LogP contribution in [0.15, 0.2) is 35.0 Å². The van der Waals surface area contributed by atoms with Crippen molar-refractivity contribution in [1.82, 2.24) is 0 Å². The van der Waals surface area contributed by atoms with Crippen molar-refractivity contribution in [3.63, 3.8) is 0 Å². The number of carbonyl (C=O) groups excluding carboxylic acids is 2. The van der Waals surface area contributed by atoms with Crippen LogP contribution in [-0.4, -0.2) is 24.4 Å². The number of aliphatic imine (C=N–C) groups is 1. The van der Waals surface area contributed by atoms with Crippen LogP contribution >= 0.6 is 34.2 Å². The summed E-state index contributed by atoms with van der Waals surface area (Å²) in [5.41, 5.74) is 0.387. The zero-order valence-electron chi connectivity index (χ0n) is 15.6. The highest BCUT2D eigenvalue weighted by Gasteiger charge is 2.27. The molecule has 0 aromatic heterocycles. The van der Waals surface area contributed by atoms with Crippen LogP contribution in [0.25, 0.3) is 6.08 Å². The maximum Gasteiger partial charge on any atom is 0.363 e. The Balaban J connectivity index is 2.01. The number of cyclic esters (lactones) is 1. The van der Waals surface area contributed by atoms with E-state index in [0.717, 1.165) is 12.1 Å². The van der Waals surface area contributed by atoms with Gasteiger partial charge in [0, 0.05) is 6.92 Å². The third-order valence-electron chi connectivity index (χ3n) is 3.74. The van der Waals surface area contributed by atoms with Gasteiger partial charge in [0.05, 0.1) is 20.8 Å². The second-order valence-corrected chi connectivity index (χ2v) is 7.51. The minimum Gasteiger partial charge on any atom is -0.490 e. The first kappa shape index (κ1) is 22.2. The lowest BCUT2D eigenvalue weighted by Gasteiger charge is -2.12. The summed E-state index contributed by atoms with van der Waals surface area (Å²) in [6.45, 7) is 3.37.